The van der Waals surface area contributed by atoms with Gasteiger partial charge in [0.2, 0.25) is 0 Å². The molecule has 0 aliphatic carbocycles. The lowest BCUT2D eigenvalue weighted by Gasteiger charge is -2.14. The SMILES string of the molecule is CCNCC(O)COc1ccccc1/C=C\c1cc(C(C)C)no1. The van der Waals surface area contributed by atoms with Gasteiger partial charge in [-0.15, -0.1) is 0 Å². The fourth-order valence-electron chi connectivity index (χ4n) is 2.13. The molecule has 0 aliphatic rings. The molecule has 5 nitrogen and oxygen atoms in total. The van der Waals surface area contributed by atoms with Crippen LogP contribution < -0.4 is 10.1 Å². The molecule has 5 heteroatoms. The summed E-state index contributed by atoms with van der Waals surface area (Å²) in [5.41, 5.74) is 1.86. The number of hydrogen-bond acceptors (Lipinski definition) is 5. The van der Waals surface area contributed by atoms with Crippen LogP contribution in [-0.4, -0.2) is 36.1 Å². The lowest BCUT2D eigenvalue weighted by Crippen LogP contribution is -2.31. The smallest absolute Gasteiger partial charge is 0.159 e. The Kier molecular flexibility index (Phi) is 7.03. The molecule has 1 atom stereocenters. The van der Waals surface area contributed by atoms with E-state index in [1.807, 2.05) is 49.4 Å². The predicted octanol–water partition coefficient (Wildman–Crippen LogP) is 3.32. The molecular formula is C19H26N2O3. The highest BCUT2D eigenvalue weighted by atomic mass is 16.5. The number of rotatable bonds is 9. The van der Waals surface area contributed by atoms with Gasteiger partial charge in [0.25, 0.3) is 0 Å². The van der Waals surface area contributed by atoms with E-state index in [0.717, 1.165) is 23.6 Å². The van der Waals surface area contributed by atoms with Crippen molar-refractivity contribution >= 4 is 12.2 Å². The molecule has 0 spiro atoms. The van der Waals surface area contributed by atoms with Gasteiger partial charge in [0.1, 0.15) is 18.5 Å². The Bertz CT molecular complexity index is 650. The summed E-state index contributed by atoms with van der Waals surface area (Å²) in [6, 6.07) is 9.64. The van der Waals surface area contributed by atoms with Crippen LogP contribution in [0.1, 0.15) is 43.7 Å². The number of aliphatic hydroxyl groups excluding tert-OH is 1. The molecule has 0 amide bonds. The number of nitrogens with one attached hydrogen (secondary N) is 1. The van der Waals surface area contributed by atoms with E-state index in [1.165, 1.54) is 0 Å². The largest absolute Gasteiger partial charge is 0.490 e. The zero-order chi connectivity index (χ0) is 17.4. The topological polar surface area (TPSA) is 67.5 Å². The van der Waals surface area contributed by atoms with Crippen LogP contribution >= 0.6 is 0 Å². The van der Waals surface area contributed by atoms with Crippen LogP contribution in [0.25, 0.3) is 12.2 Å². The standard InChI is InChI=1S/C19H26N2O3/c1-4-20-12-16(22)13-23-19-8-6-5-7-15(19)9-10-17-11-18(14(2)3)21-24-17/h5-11,14,16,20,22H,4,12-13H2,1-3H3/b10-9-. The Morgan fingerprint density at radius 3 is 2.79 bits per heavy atom. The predicted molar refractivity (Wildman–Crippen MR) is 96.0 cm³/mol. The molecule has 2 aromatic rings. The highest BCUT2D eigenvalue weighted by molar-refractivity contribution is 5.70. The van der Waals surface area contributed by atoms with Gasteiger partial charge < -0.3 is 19.7 Å². The van der Waals surface area contributed by atoms with Gasteiger partial charge in [-0.05, 0) is 30.7 Å². The molecule has 0 aliphatic heterocycles. The second kappa shape index (κ2) is 9.25. The second-order valence-electron chi connectivity index (χ2n) is 5.95. The van der Waals surface area contributed by atoms with Crippen molar-refractivity contribution in [2.45, 2.75) is 32.8 Å². The summed E-state index contributed by atoms with van der Waals surface area (Å²) < 4.78 is 11.0. The minimum Gasteiger partial charge on any atom is -0.490 e. The minimum atomic E-state index is -0.537. The average molecular weight is 330 g/mol. The van der Waals surface area contributed by atoms with E-state index in [9.17, 15) is 5.11 Å². The Labute approximate surface area is 143 Å². The molecule has 1 aromatic heterocycles. The summed E-state index contributed by atoms with van der Waals surface area (Å²) in [5, 5.41) is 17.0. The van der Waals surface area contributed by atoms with Crippen LogP contribution in [0.5, 0.6) is 5.75 Å². The van der Waals surface area contributed by atoms with E-state index in [4.69, 9.17) is 9.26 Å². The van der Waals surface area contributed by atoms with Crippen molar-refractivity contribution in [2.24, 2.45) is 0 Å². The molecule has 1 unspecified atom stereocenters. The van der Waals surface area contributed by atoms with Gasteiger partial charge >= 0.3 is 0 Å². The number of hydrogen-bond donors (Lipinski definition) is 2. The normalized spacial score (nSPS) is 12.9. The third-order valence-electron chi connectivity index (χ3n) is 3.55. The number of nitrogens with zero attached hydrogens (tertiary/aromatic N) is 1. The van der Waals surface area contributed by atoms with Gasteiger partial charge in [-0.25, -0.2) is 0 Å². The highest BCUT2D eigenvalue weighted by Gasteiger charge is 2.08. The molecule has 0 radical (unpaired) electrons. The van der Waals surface area contributed by atoms with Crippen molar-refractivity contribution in [3.63, 3.8) is 0 Å². The van der Waals surface area contributed by atoms with Crippen LogP contribution in [0.15, 0.2) is 34.9 Å². The molecule has 24 heavy (non-hydrogen) atoms. The van der Waals surface area contributed by atoms with Crippen LogP contribution in [0.3, 0.4) is 0 Å². The average Bonchev–Trinajstić information content (AvgIpc) is 3.06. The number of likely N-dealkylation sites (N-methyl/N-ethyl adjacent to an activating group) is 1. The van der Waals surface area contributed by atoms with E-state index >= 15 is 0 Å². The molecule has 1 aromatic carbocycles. The van der Waals surface area contributed by atoms with Crippen LogP contribution in [0.4, 0.5) is 0 Å². The van der Waals surface area contributed by atoms with Crippen LogP contribution in [-0.2, 0) is 0 Å². The first kappa shape index (κ1) is 18.2. The van der Waals surface area contributed by atoms with E-state index in [-0.39, 0.29) is 6.61 Å². The summed E-state index contributed by atoms with van der Waals surface area (Å²) in [4.78, 5) is 0. The maximum atomic E-state index is 9.87. The number of aliphatic hydroxyl groups is 1. The fraction of sp³-hybridized carbons (Fsp3) is 0.421. The molecule has 1 heterocycles. The maximum Gasteiger partial charge on any atom is 0.159 e. The van der Waals surface area contributed by atoms with Gasteiger partial charge in [-0.3, -0.25) is 0 Å². The van der Waals surface area contributed by atoms with Gasteiger partial charge in [0.15, 0.2) is 5.76 Å². The minimum absolute atomic E-state index is 0.248. The number of ether oxygens (including phenoxy) is 1. The van der Waals surface area contributed by atoms with Crippen molar-refractivity contribution in [1.29, 1.82) is 0 Å². The summed E-state index contributed by atoms with van der Waals surface area (Å²) in [7, 11) is 0. The zero-order valence-corrected chi connectivity index (χ0v) is 14.5. The summed E-state index contributed by atoms with van der Waals surface area (Å²) in [6.45, 7) is 7.75. The number of benzene rings is 1. The van der Waals surface area contributed by atoms with E-state index in [0.29, 0.717) is 18.2 Å². The molecule has 0 saturated heterocycles. The first-order valence-corrected chi connectivity index (χ1v) is 8.35. The number of para-hydroxylation sites is 1. The van der Waals surface area contributed by atoms with Crippen molar-refractivity contribution in [3.05, 3.63) is 47.3 Å². The summed E-state index contributed by atoms with van der Waals surface area (Å²) in [6.07, 6.45) is 3.26. The molecule has 0 saturated carbocycles. The first-order chi connectivity index (χ1) is 11.6. The number of aromatic nitrogens is 1. The van der Waals surface area contributed by atoms with Crippen LogP contribution in [0, 0.1) is 0 Å². The van der Waals surface area contributed by atoms with E-state index in [1.54, 1.807) is 0 Å². The molecule has 130 valence electrons. The van der Waals surface area contributed by atoms with Crippen molar-refractivity contribution in [3.8, 4) is 5.75 Å². The van der Waals surface area contributed by atoms with Gasteiger partial charge in [0, 0.05) is 18.2 Å². The quantitative estimate of drug-likeness (QED) is 0.738. The highest BCUT2D eigenvalue weighted by Crippen LogP contribution is 2.22. The zero-order valence-electron chi connectivity index (χ0n) is 14.5. The first-order valence-electron chi connectivity index (χ1n) is 8.35. The lowest BCUT2D eigenvalue weighted by molar-refractivity contribution is 0.107. The Morgan fingerprint density at radius 1 is 1.29 bits per heavy atom. The van der Waals surface area contributed by atoms with Crippen molar-refractivity contribution < 1.29 is 14.4 Å². The Morgan fingerprint density at radius 2 is 2.08 bits per heavy atom. The van der Waals surface area contributed by atoms with E-state index in [2.05, 4.69) is 24.3 Å². The third-order valence-corrected chi connectivity index (χ3v) is 3.55. The summed E-state index contributed by atoms with van der Waals surface area (Å²) in [5.74, 6) is 1.78. The third kappa shape index (κ3) is 5.51. The molecule has 0 fully saturated rings. The Hall–Kier alpha value is -2.11. The molecule has 2 N–H and O–H groups in total. The fourth-order valence-corrected chi connectivity index (χ4v) is 2.13. The second-order valence-corrected chi connectivity index (χ2v) is 5.95. The Balaban J connectivity index is 2.01. The molecule has 0 bridgehead atoms. The molecule has 2 rings (SSSR count). The maximum absolute atomic E-state index is 9.87. The molecular weight excluding hydrogens is 304 g/mol. The lowest BCUT2D eigenvalue weighted by atomic mass is 10.1. The van der Waals surface area contributed by atoms with Crippen molar-refractivity contribution in [2.75, 3.05) is 19.7 Å². The summed E-state index contributed by atoms with van der Waals surface area (Å²) >= 11 is 0. The van der Waals surface area contributed by atoms with E-state index < -0.39 is 6.10 Å². The van der Waals surface area contributed by atoms with Crippen LogP contribution in [0.2, 0.25) is 0 Å². The van der Waals surface area contributed by atoms with Gasteiger partial charge in [-0.2, -0.15) is 0 Å². The van der Waals surface area contributed by atoms with Crippen molar-refractivity contribution in [1.82, 2.24) is 10.5 Å². The van der Waals surface area contributed by atoms with Gasteiger partial charge in [0.05, 0.1) is 5.69 Å². The monoisotopic (exact) mass is 330 g/mol. The van der Waals surface area contributed by atoms with Gasteiger partial charge in [-0.1, -0.05) is 44.1 Å².